The lowest BCUT2D eigenvalue weighted by Gasteiger charge is -2.09. The Morgan fingerprint density at radius 1 is 1.64 bits per heavy atom. The SMILES string of the molecule is CCCC(O)CNCc1cc(Br)cs1. The van der Waals surface area contributed by atoms with Crippen LogP contribution in [0.2, 0.25) is 0 Å². The van der Waals surface area contributed by atoms with Crippen molar-refractivity contribution >= 4 is 27.3 Å². The van der Waals surface area contributed by atoms with E-state index in [1.54, 1.807) is 11.3 Å². The van der Waals surface area contributed by atoms with E-state index in [1.807, 2.05) is 0 Å². The van der Waals surface area contributed by atoms with Crippen LogP contribution in [0.4, 0.5) is 0 Å². The van der Waals surface area contributed by atoms with E-state index in [1.165, 1.54) is 4.88 Å². The van der Waals surface area contributed by atoms with E-state index in [0.29, 0.717) is 6.54 Å². The van der Waals surface area contributed by atoms with Gasteiger partial charge in [0.15, 0.2) is 0 Å². The molecule has 0 aliphatic rings. The summed E-state index contributed by atoms with van der Waals surface area (Å²) in [5.41, 5.74) is 0. The average Bonchev–Trinajstić information content (AvgIpc) is 2.52. The van der Waals surface area contributed by atoms with E-state index in [-0.39, 0.29) is 6.10 Å². The fourth-order valence-corrected chi connectivity index (χ4v) is 2.66. The van der Waals surface area contributed by atoms with Gasteiger partial charge in [0.05, 0.1) is 6.10 Å². The van der Waals surface area contributed by atoms with E-state index in [0.717, 1.165) is 23.9 Å². The molecule has 0 saturated heterocycles. The zero-order valence-corrected chi connectivity index (χ0v) is 10.7. The Morgan fingerprint density at radius 3 is 3.00 bits per heavy atom. The molecule has 0 aliphatic heterocycles. The Kier molecular flexibility index (Phi) is 5.70. The molecular formula is C10H16BrNOS. The third-order valence-electron chi connectivity index (χ3n) is 1.92. The van der Waals surface area contributed by atoms with Gasteiger partial charge in [0.1, 0.15) is 0 Å². The first-order chi connectivity index (χ1) is 6.72. The summed E-state index contributed by atoms with van der Waals surface area (Å²) in [6.45, 7) is 3.61. The summed E-state index contributed by atoms with van der Waals surface area (Å²) in [5, 5.41) is 14.8. The number of hydrogen-bond acceptors (Lipinski definition) is 3. The van der Waals surface area contributed by atoms with Crippen molar-refractivity contribution < 1.29 is 5.11 Å². The third-order valence-corrected chi connectivity index (χ3v) is 3.62. The van der Waals surface area contributed by atoms with Crippen LogP contribution in [0.15, 0.2) is 15.9 Å². The predicted molar refractivity (Wildman–Crippen MR) is 64.6 cm³/mol. The average molecular weight is 278 g/mol. The lowest BCUT2D eigenvalue weighted by molar-refractivity contribution is 0.160. The minimum atomic E-state index is -0.205. The van der Waals surface area contributed by atoms with Gasteiger partial charge < -0.3 is 10.4 Å². The second-order valence-corrected chi connectivity index (χ2v) is 5.22. The Hall–Kier alpha value is 0.1000. The maximum atomic E-state index is 9.46. The maximum absolute atomic E-state index is 9.46. The van der Waals surface area contributed by atoms with Crippen LogP contribution in [-0.2, 0) is 6.54 Å². The Labute approximate surface area is 97.5 Å². The Bertz CT molecular complexity index is 264. The largest absolute Gasteiger partial charge is 0.392 e. The summed E-state index contributed by atoms with van der Waals surface area (Å²) in [6, 6.07) is 2.10. The molecule has 0 saturated carbocycles. The van der Waals surface area contributed by atoms with Crippen molar-refractivity contribution in [3.8, 4) is 0 Å². The quantitative estimate of drug-likeness (QED) is 0.838. The number of halogens is 1. The number of nitrogens with one attached hydrogen (secondary N) is 1. The molecule has 2 nitrogen and oxygen atoms in total. The summed E-state index contributed by atoms with van der Waals surface area (Å²) in [7, 11) is 0. The summed E-state index contributed by atoms with van der Waals surface area (Å²) in [5.74, 6) is 0. The van der Waals surface area contributed by atoms with Crippen LogP contribution >= 0.6 is 27.3 Å². The topological polar surface area (TPSA) is 32.3 Å². The first-order valence-electron chi connectivity index (χ1n) is 4.84. The molecule has 2 N–H and O–H groups in total. The van der Waals surface area contributed by atoms with Gasteiger partial charge in [-0.25, -0.2) is 0 Å². The Morgan fingerprint density at radius 2 is 2.43 bits per heavy atom. The molecule has 0 radical (unpaired) electrons. The number of aliphatic hydroxyl groups is 1. The molecule has 14 heavy (non-hydrogen) atoms. The van der Waals surface area contributed by atoms with E-state index in [4.69, 9.17) is 0 Å². The van der Waals surface area contributed by atoms with Crippen LogP contribution in [-0.4, -0.2) is 17.8 Å². The Balaban J connectivity index is 2.15. The number of hydrogen-bond donors (Lipinski definition) is 2. The number of aliphatic hydroxyl groups excluding tert-OH is 1. The van der Waals surface area contributed by atoms with Crippen molar-refractivity contribution in [2.24, 2.45) is 0 Å². The van der Waals surface area contributed by atoms with Gasteiger partial charge in [-0.05, 0) is 28.4 Å². The molecule has 1 atom stereocenters. The van der Waals surface area contributed by atoms with Gasteiger partial charge in [0.2, 0.25) is 0 Å². The van der Waals surface area contributed by atoms with E-state index in [9.17, 15) is 5.11 Å². The van der Waals surface area contributed by atoms with Crippen molar-refractivity contribution in [3.05, 3.63) is 20.8 Å². The first-order valence-corrected chi connectivity index (χ1v) is 6.51. The van der Waals surface area contributed by atoms with Gasteiger partial charge in [0.25, 0.3) is 0 Å². The highest BCUT2D eigenvalue weighted by Crippen LogP contribution is 2.19. The van der Waals surface area contributed by atoms with Crippen LogP contribution in [0.25, 0.3) is 0 Å². The van der Waals surface area contributed by atoms with Crippen LogP contribution < -0.4 is 5.32 Å². The van der Waals surface area contributed by atoms with Gasteiger partial charge in [-0.1, -0.05) is 13.3 Å². The molecule has 1 aromatic rings. The molecule has 1 aromatic heterocycles. The van der Waals surface area contributed by atoms with Gasteiger partial charge >= 0.3 is 0 Å². The monoisotopic (exact) mass is 277 g/mol. The molecule has 0 aromatic carbocycles. The molecular weight excluding hydrogens is 262 g/mol. The minimum Gasteiger partial charge on any atom is -0.392 e. The smallest absolute Gasteiger partial charge is 0.0664 e. The lowest BCUT2D eigenvalue weighted by Crippen LogP contribution is -2.25. The fourth-order valence-electron chi connectivity index (χ4n) is 1.24. The molecule has 4 heteroatoms. The summed E-state index contributed by atoms with van der Waals surface area (Å²) in [6.07, 6.45) is 1.71. The maximum Gasteiger partial charge on any atom is 0.0664 e. The highest BCUT2D eigenvalue weighted by Gasteiger charge is 2.02. The highest BCUT2D eigenvalue weighted by atomic mass is 79.9. The van der Waals surface area contributed by atoms with Crippen molar-refractivity contribution in [1.29, 1.82) is 0 Å². The molecule has 0 spiro atoms. The minimum absolute atomic E-state index is 0.205. The number of thiophene rings is 1. The van der Waals surface area contributed by atoms with E-state index in [2.05, 4.69) is 39.6 Å². The van der Waals surface area contributed by atoms with Crippen molar-refractivity contribution in [2.45, 2.75) is 32.4 Å². The van der Waals surface area contributed by atoms with Crippen LogP contribution in [0.5, 0.6) is 0 Å². The van der Waals surface area contributed by atoms with Gasteiger partial charge in [0, 0.05) is 27.8 Å². The predicted octanol–water partition coefficient (Wildman–Crippen LogP) is 2.76. The van der Waals surface area contributed by atoms with E-state index >= 15 is 0 Å². The van der Waals surface area contributed by atoms with Crippen molar-refractivity contribution in [2.75, 3.05) is 6.54 Å². The summed E-state index contributed by atoms with van der Waals surface area (Å²) < 4.78 is 1.13. The zero-order chi connectivity index (χ0) is 10.4. The second-order valence-electron chi connectivity index (χ2n) is 3.30. The van der Waals surface area contributed by atoms with E-state index < -0.39 is 0 Å². The highest BCUT2D eigenvalue weighted by molar-refractivity contribution is 9.10. The second kappa shape index (κ2) is 6.56. The first kappa shape index (κ1) is 12.2. The molecule has 1 unspecified atom stereocenters. The van der Waals surface area contributed by atoms with Crippen molar-refractivity contribution in [1.82, 2.24) is 5.32 Å². The molecule has 0 bridgehead atoms. The van der Waals surface area contributed by atoms with Gasteiger partial charge in [-0.2, -0.15) is 0 Å². The van der Waals surface area contributed by atoms with Crippen LogP contribution in [0, 0.1) is 0 Å². The standard InChI is InChI=1S/C10H16BrNOS/c1-2-3-9(13)5-12-6-10-4-8(11)7-14-10/h4,7,9,12-13H,2-3,5-6H2,1H3. The van der Waals surface area contributed by atoms with Gasteiger partial charge in [-0.3, -0.25) is 0 Å². The zero-order valence-electron chi connectivity index (χ0n) is 8.29. The molecule has 0 aliphatic carbocycles. The molecule has 0 fully saturated rings. The fraction of sp³-hybridized carbons (Fsp3) is 0.600. The normalized spacial score (nSPS) is 13.1. The molecule has 0 amide bonds. The van der Waals surface area contributed by atoms with Crippen LogP contribution in [0.3, 0.4) is 0 Å². The molecule has 1 heterocycles. The van der Waals surface area contributed by atoms with Crippen molar-refractivity contribution in [3.63, 3.8) is 0 Å². The van der Waals surface area contributed by atoms with Crippen LogP contribution in [0.1, 0.15) is 24.6 Å². The third kappa shape index (κ3) is 4.55. The number of rotatable bonds is 6. The lowest BCUT2D eigenvalue weighted by atomic mass is 10.2. The molecule has 80 valence electrons. The summed E-state index contributed by atoms with van der Waals surface area (Å²) in [4.78, 5) is 1.29. The summed E-state index contributed by atoms with van der Waals surface area (Å²) >= 11 is 5.13. The van der Waals surface area contributed by atoms with Gasteiger partial charge in [-0.15, -0.1) is 11.3 Å². The molecule has 1 rings (SSSR count).